The summed E-state index contributed by atoms with van der Waals surface area (Å²) in [5.74, 6) is 1.26. The Morgan fingerprint density at radius 1 is 1.10 bits per heavy atom. The van der Waals surface area contributed by atoms with Gasteiger partial charge in [0.2, 0.25) is 18.6 Å². The number of hydrogen-bond acceptors (Lipinski definition) is 6. The van der Waals surface area contributed by atoms with E-state index in [-0.39, 0.29) is 38.1 Å². The fourth-order valence-corrected chi connectivity index (χ4v) is 4.73. The van der Waals surface area contributed by atoms with Gasteiger partial charge in [0.15, 0.2) is 11.5 Å². The summed E-state index contributed by atoms with van der Waals surface area (Å²) >= 11 is 0. The topological polar surface area (TPSA) is 99.5 Å². The van der Waals surface area contributed by atoms with Crippen LogP contribution in [-0.2, 0) is 16.0 Å². The zero-order valence-electron chi connectivity index (χ0n) is 16.5. The minimum atomic E-state index is -0.540. The monoisotopic (exact) mass is 404 g/mol. The molecule has 2 amide bonds. The molecule has 3 aliphatic rings. The number of aliphatic hydroxyl groups is 2. The van der Waals surface area contributed by atoms with Crippen LogP contribution >= 0.6 is 0 Å². The lowest BCUT2D eigenvalue weighted by atomic mass is 9.71. The molecule has 3 aliphatic heterocycles. The van der Waals surface area contributed by atoms with Gasteiger partial charge in [-0.1, -0.05) is 6.07 Å². The number of aliphatic hydroxyl groups excluding tert-OH is 2. The molecule has 1 spiro atoms. The third kappa shape index (κ3) is 4.04. The highest BCUT2D eigenvalue weighted by molar-refractivity contribution is 5.79. The Hall–Kier alpha value is -2.32. The summed E-state index contributed by atoms with van der Waals surface area (Å²) in [7, 11) is 0. The number of piperidine rings is 2. The number of benzene rings is 1. The Morgan fingerprint density at radius 3 is 2.66 bits per heavy atom. The molecule has 0 bridgehead atoms. The molecule has 158 valence electrons. The Kier molecular flexibility index (Phi) is 5.65. The fourth-order valence-electron chi connectivity index (χ4n) is 4.73. The van der Waals surface area contributed by atoms with Crippen molar-refractivity contribution in [2.24, 2.45) is 5.41 Å². The molecule has 0 saturated carbocycles. The van der Waals surface area contributed by atoms with Crippen LogP contribution in [0.4, 0.5) is 0 Å². The molecule has 8 heteroatoms. The number of amides is 2. The van der Waals surface area contributed by atoms with Gasteiger partial charge >= 0.3 is 0 Å². The molecule has 1 aromatic rings. The van der Waals surface area contributed by atoms with Crippen molar-refractivity contribution < 1.29 is 29.3 Å². The summed E-state index contributed by atoms with van der Waals surface area (Å²) in [5.41, 5.74) is 0.370. The Bertz CT molecular complexity index is 784. The second kappa shape index (κ2) is 8.20. The average molecular weight is 404 g/mol. The number of carbonyl (C=O) groups is 2. The number of ether oxygens (including phenoxy) is 2. The first-order valence-corrected chi connectivity index (χ1v) is 10.2. The van der Waals surface area contributed by atoms with Gasteiger partial charge < -0.3 is 29.5 Å². The predicted molar refractivity (Wildman–Crippen MR) is 103 cm³/mol. The molecule has 2 atom stereocenters. The highest BCUT2D eigenvalue weighted by Crippen LogP contribution is 2.39. The molecular formula is C21H28N2O6. The van der Waals surface area contributed by atoms with Crippen molar-refractivity contribution in [1.29, 1.82) is 0 Å². The van der Waals surface area contributed by atoms with Crippen molar-refractivity contribution in [2.45, 2.75) is 38.2 Å². The van der Waals surface area contributed by atoms with Crippen molar-refractivity contribution in [3.8, 4) is 11.5 Å². The SMILES string of the molecule is O=C(CCO)N1CC[C@H](O)[C@@]2(CCCN(C(=O)Cc3ccc4c(c3)OCO4)C2)C1. The lowest BCUT2D eigenvalue weighted by Crippen LogP contribution is -2.60. The van der Waals surface area contributed by atoms with Gasteiger partial charge in [-0.05, 0) is 37.0 Å². The predicted octanol–water partition coefficient (Wildman–Crippen LogP) is 0.542. The first-order valence-electron chi connectivity index (χ1n) is 10.2. The Labute approximate surface area is 170 Å². The van der Waals surface area contributed by atoms with E-state index >= 15 is 0 Å². The van der Waals surface area contributed by atoms with Gasteiger partial charge in [-0.15, -0.1) is 0 Å². The van der Waals surface area contributed by atoms with Crippen molar-refractivity contribution in [1.82, 2.24) is 9.80 Å². The largest absolute Gasteiger partial charge is 0.454 e. The summed E-state index contributed by atoms with van der Waals surface area (Å²) in [6.45, 7) is 2.05. The van der Waals surface area contributed by atoms with E-state index in [9.17, 15) is 14.7 Å². The van der Waals surface area contributed by atoms with Crippen LogP contribution in [0.5, 0.6) is 11.5 Å². The lowest BCUT2D eigenvalue weighted by molar-refractivity contribution is -0.148. The van der Waals surface area contributed by atoms with Gasteiger partial charge in [-0.25, -0.2) is 0 Å². The standard InChI is InChI=1S/C21H28N2O6/c24-9-5-19(26)23-8-4-18(25)21(13-23)6-1-7-22(12-21)20(27)11-15-2-3-16-17(10-15)29-14-28-16/h2-3,10,18,24-25H,1,4-9,11-14H2/t18-,21+/m0/s1. The smallest absolute Gasteiger partial charge is 0.231 e. The quantitative estimate of drug-likeness (QED) is 0.760. The maximum atomic E-state index is 13.0. The van der Waals surface area contributed by atoms with Crippen molar-refractivity contribution in [3.05, 3.63) is 23.8 Å². The number of carbonyl (C=O) groups excluding carboxylic acids is 2. The zero-order chi connectivity index (χ0) is 20.4. The van der Waals surface area contributed by atoms with Crippen LogP contribution in [0.25, 0.3) is 0 Å². The van der Waals surface area contributed by atoms with E-state index in [4.69, 9.17) is 14.6 Å². The van der Waals surface area contributed by atoms with Crippen LogP contribution in [0.1, 0.15) is 31.2 Å². The number of fused-ring (bicyclic) bond motifs is 1. The summed E-state index contributed by atoms with van der Waals surface area (Å²) < 4.78 is 10.7. The second-order valence-corrected chi connectivity index (χ2v) is 8.24. The summed E-state index contributed by atoms with van der Waals surface area (Å²) in [6, 6.07) is 5.53. The van der Waals surface area contributed by atoms with E-state index in [0.29, 0.717) is 44.1 Å². The van der Waals surface area contributed by atoms with Gasteiger partial charge in [-0.3, -0.25) is 9.59 Å². The molecule has 1 aromatic carbocycles. The van der Waals surface area contributed by atoms with Crippen molar-refractivity contribution in [2.75, 3.05) is 39.6 Å². The Morgan fingerprint density at radius 2 is 1.86 bits per heavy atom. The molecule has 2 fully saturated rings. The first kappa shape index (κ1) is 20.0. The van der Waals surface area contributed by atoms with E-state index in [2.05, 4.69) is 0 Å². The van der Waals surface area contributed by atoms with Crippen LogP contribution in [0.15, 0.2) is 18.2 Å². The highest BCUT2D eigenvalue weighted by Gasteiger charge is 2.47. The maximum absolute atomic E-state index is 13.0. The fraction of sp³-hybridized carbons (Fsp3) is 0.619. The van der Waals surface area contributed by atoms with E-state index in [1.807, 2.05) is 23.1 Å². The van der Waals surface area contributed by atoms with Crippen LogP contribution in [0.3, 0.4) is 0 Å². The molecule has 2 saturated heterocycles. The minimum absolute atomic E-state index is 0.00829. The number of nitrogens with zero attached hydrogens (tertiary/aromatic N) is 2. The molecular weight excluding hydrogens is 376 g/mol. The highest BCUT2D eigenvalue weighted by atomic mass is 16.7. The van der Waals surface area contributed by atoms with Gasteiger partial charge in [0.25, 0.3) is 0 Å². The molecule has 3 heterocycles. The van der Waals surface area contributed by atoms with Gasteiger partial charge in [0.1, 0.15) is 0 Å². The molecule has 0 radical (unpaired) electrons. The maximum Gasteiger partial charge on any atom is 0.231 e. The van der Waals surface area contributed by atoms with Crippen LogP contribution in [0, 0.1) is 5.41 Å². The number of hydrogen-bond donors (Lipinski definition) is 2. The third-order valence-corrected chi connectivity index (χ3v) is 6.32. The molecule has 0 aliphatic carbocycles. The number of rotatable bonds is 4. The first-order chi connectivity index (χ1) is 14.0. The molecule has 0 aromatic heterocycles. The summed E-state index contributed by atoms with van der Waals surface area (Å²) in [6.07, 6.45) is 1.90. The van der Waals surface area contributed by atoms with Crippen molar-refractivity contribution in [3.63, 3.8) is 0 Å². The van der Waals surface area contributed by atoms with Gasteiger partial charge in [0.05, 0.1) is 19.1 Å². The van der Waals surface area contributed by atoms with Crippen LogP contribution < -0.4 is 9.47 Å². The van der Waals surface area contributed by atoms with E-state index in [0.717, 1.165) is 18.4 Å². The Balaban J connectivity index is 1.44. The van der Waals surface area contributed by atoms with Crippen LogP contribution in [0.2, 0.25) is 0 Å². The molecule has 4 rings (SSSR count). The minimum Gasteiger partial charge on any atom is -0.454 e. The van der Waals surface area contributed by atoms with Crippen LogP contribution in [-0.4, -0.2) is 77.5 Å². The van der Waals surface area contributed by atoms with E-state index in [1.54, 1.807) is 4.90 Å². The average Bonchev–Trinajstić information content (AvgIpc) is 3.18. The zero-order valence-corrected chi connectivity index (χ0v) is 16.5. The van der Waals surface area contributed by atoms with E-state index < -0.39 is 11.5 Å². The second-order valence-electron chi connectivity index (χ2n) is 8.24. The van der Waals surface area contributed by atoms with Gasteiger partial charge in [-0.2, -0.15) is 0 Å². The van der Waals surface area contributed by atoms with Gasteiger partial charge in [0, 0.05) is 38.0 Å². The van der Waals surface area contributed by atoms with Crippen molar-refractivity contribution >= 4 is 11.8 Å². The van der Waals surface area contributed by atoms with E-state index in [1.165, 1.54) is 0 Å². The molecule has 2 N–H and O–H groups in total. The third-order valence-electron chi connectivity index (χ3n) is 6.32. The lowest BCUT2D eigenvalue weighted by Gasteiger charge is -2.51. The normalized spacial score (nSPS) is 26.1. The molecule has 0 unspecified atom stereocenters. The summed E-state index contributed by atoms with van der Waals surface area (Å²) in [4.78, 5) is 28.8. The molecule has 29 heavy (non-hydrogen) atoms. The number of likely N-dealkylation sites (tertiary alicyclic amines) is 2. The molecule has 8 nitrogen and oxygen atoms in total. The summed E-state index contributed by atoms with van der Waals surface area (Å²) in [5, 5.41) is 19.8.